The van der Waals surface area contributed by atoms with Crippen LogP contribution in [0, 0.1) is 5.41 Å². The van der Waals surface area contributed by atoms with Crippen molar-refractivity contribution in [3.8, 4) is 33.8 Å². The van der Waals surface area contributed by atoms with Crippen molar-refractivity contribution in [3.63, 3.8) is 0 Å². The van der Waals surface area contributed by atoms with Crippen molar-refractivity contribution >= 4 is 33.7 Å². The summed E-state index contributed by atoms with van der Waals surface area (Å²) in [6.45, 7) is 5.61. The van der Waals surface area contributed by atoms with Gasteiger partial charge in [0.25, 0.3) is 0 Å². The number of hydrogen-bond acceptors (Lipinski definition) is 6. The van der Waals surface area contributed by atoms with Crippen LogP contribution in [0.5, 0.6) is 0 Å². The van der Waals surface area contributed by atoms with Crippen LogP contribution in [0.2, 0.25) is 0 Å². The molecule has 0 aliphatic rings. The highest BCUT2D eigenvalue weighted by molar-refractivity contribution is 5.99. The van der Waals surface area contributed by atoms with Crippen LogP contribution in [0.4, 0.5) is 5.69 Å². The van der Waals surface area contributed by atoms with Crippen LogP contribution in [0.25, 0.3) is 55.8 Å². The molecular formula is C28H24N8O. The Morgan fingerprint density at radius 3 is 2.62 bits per heavy atom. The van der Waals surface area contributed by atoms with E-state index in [-0.39, 0.29) is 5.91 Å². The number of hydrogen-bond donors (Lipinski definition) is 3. The van der Waals surface area contributed by atoms with Gasteiger partial charge in [0.15, 0.2) is 0 Å². The standard InChI is InChI=1S/C28H24N8O/c1-28(2,3)27(37)32-18-11-17(14-30-15-18)21-6-7-22-24(33-21)25(36-35-22)23-12-20-19(8-10-31-26(20)34-23)16-5-4-9-29-13-16/h4-15H,1-3H3,(H,31,34)(H,32,37)(H,35,36). The number of H-pyrrole nitrogens is 2. The molecule has 0 aliphatic heterocycles. The van der Waals surface area contributed by atoms with Crippen LogP contribution in [0.15, 0.2) is 73.4 Å². The molecule has 0 aromatic carbocycles. The lowest BCUT2D eigenvalue weighted by molar-refractivity contribution is -0.123. The van der Waals surface area contributed by atoms with Gasteiger partial charge in [-0.1, -0.05) is 26.8 Å². The summed E-state index contributed by atoms with van der Waals surface area (Å²) in [4.78, 5) is 33.8. The fourth-order valence-corrected chi connectivity index (χ4v) is 4.14. The molecule has 1 amide bonds. The Morgan fingerprint density at radius 2 is 1.81 bits per heavy atom. The largest absolute Gasteiger partial charge is 0.338 e. The first-order valence-corrected chi connectivity index (χ1v) is 11.9. The molecule has 0 atom stereocenters. The molecule has 6 aromatic heterocycles. The summed E-state index contributed by atoms with van der Waals surface area (Å²) in [6.07, 6.45) is 8.74. The van der Waals surface area contributed by atoms with E-state index in [1.54, 1.807) is 24.8 Å². The van der Waals surface area contributed by atoms with Crippen molar-refractivity contribution in [2.45, 2.75) is 20.8 Å². The lowest BCUT2D eigenvalue weighted by atomic mass is 9.95. The number of anilines is 1. The molecule has 6 rings (SSSR count). The molecule has 9 heteroatoms. The maximum absolute atomic E-state index is 12.4. The van der Waals surface area contributed by atoms with Gasteiger partial charge in [-0.25, -0.2) is 9.97 Å². The Hall–Kier alpha value is -4.92. The van der Waals surface area contributed by atoms with E-state index in [2.05, 4.69) is 35.5 Å². The Morgan fingerprint density at radius 1 is 0.946 bits per heavy atom. The zero-order valence-electron chi connectivity index (χ0n) is 20.6. The number of nitrogens with one attached hydrogen (secondary N) is 3. The number of pyridine rings is 4. The number of aromatic nitrogens is 7. The molecule has 6 aromatic rings. The van der Waals surface area contributed by atoms with Crippen molar-refractivity contribution < 1.29 is 4.79 Å². The predicted molar refractivity (Wildman–Crippen MR) is 144 cm³/mol. The molecule has 37 heavy (non-hydrogen) atoms. The third kappa shape index (κ3) is 4.20. The minimum absolute atomic E-state index is 0.0787. The molecule has 0 bridgehead atoms. The van der Waals surface area contributed by atoms with Crippen molar-refractivity contribution in [2.75, 3.05) is 5.32 Å². The van der Waals surface area contributed by atoms with Crippen LogP contribution >= 0.6 is 0 Å². The molecule has 3 N–H and O–H groups in total. The summed E-state index contributed by atoms with van der Waals surface area (Å²) in [7, 11) is 0. The smallest absolute Gasteiger partial charge is 0.229 e. The van der Waals surface area contributed by atoms with Crippen LogP contribution in [-0.2, 0) is 4.79 Å². The first-order valence-electron chi connectivity index (χ1n) is 11.9. The van der Waals surface area contributed by atoms with E-state index in [9.17, 15) is 4.79 Å². The Kier molecular flexibility index (Phi) is 5.26. The molecule has 0 saturated carbocycles. The van der Waals surface area contributed by atoms with Crippen LogP contribution in [0.1, 0.15) is 20.8 Å². The molecule has 0 aliphatic carbocycles. The van der Waals surface area contributed by atoms with E-state index < -0.39 is 5.41 Å². The molecule has 0 saturated heterocycles. The molecule has 0 fully saturated rings. The molecule has 6 heterocycles. The summed E-state index contributed by atoms with van der Waals surface area (Å²) in [5, 5.41) is 11.5. The highest BCUT2D eigenvalue weighted by atomic mass is 16.2. The van der Waals surface area contributed by atoms with Gasteiger partial charge in [-0.15, -0.1) is 0 Å². The highest BCUT2D eigenvalue weighted by Gasteiger charge is 2.21. The predicted octanol–water partition coefficient (Wildman–Crippen LogP) is 5.61. The minimum atomic E-state index is -0.510. The van der Waals surface area contributed by atoms with Gasteiger partial charge >= 0.3 is 0 Å². The summed E-state index contributed by atoms with van der Waals surface area (Å²) >= 11 is 0. The van der Waals surface area contributed by atoms with E-state index in [4.69, 9.17) is 4.98 Å². The third-order valence-electron chi connectivity index (χ3n) is 6.14. The Balaban J connectivity index is 1.40. The fourth-order valence-electron chi connectivity index (χ4n) is 4.14. The highest BCUT2D eigenvalue weighted by Crippen LogP contribution is 2.33. The second kappa shape index (κ2) is 8.63. The SMILES string of the molecule is CC(C)(C)C(=O)Nc1cncc(-c2ccc3[nH]nc(-c4cc5c(-c6cccnc6)ccnc5[nH]4)c3n2)c1. The van der Waals surface area contributed by atoms with Gasteiger partial charge in [-0.3, -0.25) is 19.9 Å². The zero-order chi connectivity index (χ0) is 25.6. The van der Waals surface area contributed by atoms with Crippen LogP contribution < -0.4 is 5.32 Å². The topological polar surface area (TPSA) is 125 Å². The van der Waals surface area contributed by atoms with Crippen molar-refractivity contribution in [1.29, 1.82) is 0 Å². The average Bonchev–Trinajstić information content (AvgIpc) is 3.52. The number of carbonyl (C=O) groups is 1. The molecular weight excluding hydrogens is 464 g/mol. The first-order chi connectivity index (χ1) is 17.9. The molecule has 9 nitrogen and oxygen atoms in total. The van der Waals surface area contributed by atoms with Gasteiger partial charge in [-0.05, 0) is 42.0 Å². The fraction of sp³-hybridized carbons (Fsp3) is 0.143. The first kappa shape index (κ1) is 22.5. The van der Waals surface area contributed by atoms with E-state index in [0.717, 1.165) is 50.1 Å². The number of fused-ring (bicyclic) bond motifs is 2. The minimum Gasteiger partial charge on any atom is -0.338 e. The maximum atomic E-state index is 12.4. The third-order valence-corrected chi connectivity index (χ3v) is 6.14. The summed E-state index contributed by atoms with van der Waals surface area (Å²) < 4.78 is 0. The maximum Gasteiger partial charge on any atom is 0.229 e. The molecule has 0 radical (unpaired) electrons. The quantitative estimate of drug-likeness (QED) is 0.296. The van der Waals surface area contributed by atoms with Gasteiger partial charge in [-0.2, -0.15) is 5.10 Å². The van der Waals surface area contributed by atoms with Crippen LogP contribution in [0.3, 0.4) is 0 Å². The normalized spacial score (nSPS) is 11.8. The second-order valence-electron chi connectivity index (χ2n) is 9.88. The molecule has 182 valence electrons. The van der Waals surface area contributed by atoms with Gasteiger partial charge < -0.3 is 10.3 Å². The average molecular weight is 489 g/mol. The summed E-state index contributed by atoms with van der Waals surface area (Å²) in [5.41, 5.74) is 7.46. The molecule has 0 unspecified atom stereocenters. The van der Waals surface area contributed by atoms with Crippen LogP contribution in [-0.4, -0.2) is 41.0 Å². The lowest BCUT2D eigenvalue weighted by Gasteiger charge is -2.17. The molecule has 0 spiro atoms. The second-order valence-corrected chi connectivity index (χ2v) is 9.88. The van der Waals surface area contributed by atoms with Gasteiger partial charge in [0.2, 0.25) is 5.91 Å². The monoisotopic (exact) mass is 488 g/mol. The Bertz CT molecular complexity index is 1760. The van der Waals surface area contributed by atoms with E-state index >= 15 is 0 Å². The number of nitrogens with zero attached hydrogens (tertiary/aromatic N) is 5. The number of aromatic amines is 2. The van der Waals surface area contributed by atoms with Gasteiger partial charge in [0, 0.05) is 46.7 Å². The summed E-state index contributed by atoms with van der Waals surface area (Å²) in [6, 6.07) is 13.7. The zero-order valence-corrected chi connectivity index (χ0v) is 20.6. The van der Waals surface area contributed by atoms with Gasteiger partial charge in [0.05, 0.1) is 28.8 Å². The van der Waals surface area contributed by atoms with Crippen molar-refractivity contribution in [3.05, 3.63) is 73.4 Å². The van der Waals surface area contributed by atoms with E-state index in [1.165, 1.54) is 0 Å². The number of amides is 1. The van der Waals surface area contributed by atoms with E-state index in [1.807, 2.05) is 69.4 Å². The Labute approximate surface area is 212 Å². The van der Waals surface area contributed by atoms with Crippen molar-refractivity contribution in [2.24, 2.45) is 5.41 Å². The van der Waals surface area contributed by atoms with Gasteiger partial charge in [0.1, 0.15) is 16.9 Å². The van der Waals surface area contributed by atoms with Crippen molar-refractivity contribution in [1.82, 2.24) is 35.1 Å². The van der Waals surface area contributed by atoms with E-state index in [0.29, 0.717) is 11.4 Å². The number of carbonyl (C=O) groups excluding carboxylic acids is 1. The number of rotatable bonds is 4. The lowest BCUT2D eigenvalue weighted by Crippen LogP contribution is -2.27. The summed E-state index contributed by atoms with van der Waals surface area (Å²) in [5.74, 6) is -0.0787.